The van der Waals surface area contributed by atoms with Crippen molar-refractivity contribution >= 4 is 11.9 Å². The standard InChI is InChI=1S/C11H21N3O/c1-7(2)8-9(15)14(6)10(12-8)13-11(3,4)5/h7-8H,1-6H3,(H,12,13)/t8-/m1/s1. The molecule has 0 radical (unpaired) electrons. The Hall–Kier alpha value is -1.06. The molecule has 86 valence electrons. The van der Waals surface area contributed by atoms with Gasteiger partial charge in [-0.15, -0.1) is 0 Å². The summed E-state index contributed by atoms with van der Waals surface area (Å²) in [5.41, 5.74) is -0.0702. The Morgan fingerprint density at radius 1 is 1.40 bits per heavy atom. The van der Waals surface area contributed by atoms with E-state index in [0.29, 0.717) is 5.96 Å². The molecule has 0 bridgehead atoms. The van der Waals surface area contributed by atoms with Crippen molar-refractivity contribution in [3.05, 3.63) is 0 Å². The third kappa shape index (κ3) is 2.70. The van der Waals surface area contributed by atoms with Crippen LogP contribution in [0.2, 0.25) is 0 Å². The second-order valence-electron chi connectivity index (χ2n) is 5.41. The van der Waals surface area contributed by atoms with Crippen LogP contribution in [0.5, 0.6) is 0 Å². The van der Waals surface area contributed by atoms with E-state index < -0.39 is 0 Å². The lowest BCUT2D eigenvalue weighted by Crippen LogP contribution is -2.47. The summed E-state index contributed by atoms with van der Waals surface area (Å²) < 4.78 is 0. The van der Waals surface area contributed by atoms with Gasteiger partial charge in [0, 0.05) is 12.6 Å². The van der Waals surface area contributed by atoms with E-state index in [9.17, 15) is 4.79 Å². The number of hydrogen-bond acceptors (Lipinski definition) is 3. The Bertz CT molecular complexity index is 289. The van der Waals surface area contributed by atoms with Crippen LogP contribution in [0.3, 0.4) is 0 Å². The fraction of sp³-hybridized carbons (Fsp3) is 0.818. The van der Waals surface area contributed by atoms with Crippen molar-refractivity contribution in [1.82, 2.24) is 10.2 Å². The highest BCUT2D eigenvalue weighted by atomic mass is 16.2. The predicted octanol–water partition coefficient (Wildman–Crippen LogP) is 1.23. The molecule has 1 atom stereocenters. The largest absolute Gasteiger partial charge is 0.351 e. The minimum Gasteiger partial charge on any atom is -0.351 e. The molecule has 4 nitrogen and oxygen atoms in total. The number of nitrogens with one attached hydrogen (secondary N) is 1. The second-order valence-corrected chi connectivity index (χ2v) is 5.41. The van der Waals surface area contributed by atoms with E-state index in [1.807, 2.05) is 13.8 Å². The van der Waals surface area contributed by atoms with E-state index in [1.54, 1.807) is 11.9 Å². The van der Waals surface area contributed by atoms with Gasteiger partial charge < -0.3 is 5.32 Å². The summed E-state index contributed by atoms with van der Waals surface area (Å²) in [4.78, 5) is 17.8. The molecule has 0 saturated carbocycles. The van der Waals surface area contributed by atoms with Crippen LogP contribution in [-0.4, -0.2) is 35.4 Å². The van der Waals surface area contributed by atoms with Gasteiger partial charge in [-0.25, -0.2) is 4.99 Å². The molecule has 1 rings (SSSR count). The van der Waals surface area contributed by atoms with Crippen molar-refractivity contribution in [1.29, 1.82) is 0 Å². The van der Waals surface area contributed by atoms with Gasteiger partial charge in [0.25, 0.3) is 5.91 Å². The Balaban J connectivity index is 2.82. The van der Waals surface area contributed by atoms with Gasteiger partial charge in [-0.2, -0.15) is 0 Å². The van der Waals surface area contributed by atoms with E-state index in [-0.39, 0.29) is 23.4 Å². The van der Waals surface area contributed by atoms with Gasteiger partial charge in [-0.1, -0.05) is 13.8 Å². The first-order valence-corrected chi connectivity index (χ1v) is 5.36. The Labute approximate surface area is 91.7 Å². The van der Waals surface area contributed by atoms with E-state index >= 15 is 0 Å². The van der Waals surface area contributed by atoms with Crippen molar-refractivity contribution in [2.45, 2.75) is 46.2 Å². The number of hydrogen-bond donors (Lipinski definition) is 1. The molecule has 0 unspecified atom stereocenters. The van der Waals surface area contributed by atoms with Crippen LogP contribution in [0.15, 0.2) is 4.99 Å². The van der Waals surface area contributed by atoms with Crippen LogP contribution >= 0.6 is 0 Å². The molecular formula is C11H21N3O. The molecule has 15 heavy (non-hydrogen) atoms. The molecule has 1 amide bonds. The average molecular weight is 211 g/mol. The maximum Gasteiger partial charge on any atom is 0.254 e. The lowest BCUT2D eigenvalue weighted by Gasteiger charge is -2.24. The third-order valence-electron chi connectivity index (χ3n) is 2.28. The van der Waals surface area contributed by atoms with Crippen LogP contribution in [0, 0.1) is 5.92 Å². The number of carbonyl (C=O) groups is 1. The number of amides is 1. The maximum atomic E-state index is 11.8. The molecule has 1 N–H and O–H groups in total. The van der Waals surface area contributed by atoms with Gasteiger partial charge in [0.1, 0.15) is 6.04 Å². The molecule has 1 aliphatic heterocycles. The highest BCUT2D eigenvalue weighted by molar-refractivity contribution is 6.04. The fourth-order valence-electron chi connectivity index (χ4n) is 1.46. The van der Waals surface area contributed by atoms with Crippen LogP contribution in [0.25, 0.3) is 0 Å². The molecule has 1 aliphatic rings. The van der Waals surface area contributed by atoms with E-state index in [2.05, 4.69) is 31.1 Å². The third-order valence-corrected chi connectivity index (χ3v) is 2.28. The Morgan fingerprint density at radius 3 is 2.27 bits per heavy atom. The maximum absolute atomic E-state index is 11.8. The van der Waals surface area contributed by atoms with Crippen LogP contribution in [-0.2, 0) is 4.79 Å². The molecule has 0 spiro atoms. The SMILES string of the molecule is CC(C)[C@H]1N=C(NC(C)(C)C)N(C)C1=O. The topological polar surface area (TPSA) is 44.7 Å². The van der Waals surface area contributed by atoms with E-state index in [0.717, 1.165) is 0 Å². The summed E-state index contributed by atoms with van der Waals surface area (Å²) in [5.74, 6) is 1.02. The minimum atomic E-state index is -0.222. The summed E-state index contributed by atoms with van der Waals surface area (Å²) in [7, 11) is 1.77. The van der Waals surface area contributed by atoms with Gasteiger partial charge in [-0.3, -0.25) is 9.69 Å². The molecule has 0 aliphatic carbocycles. The van der Waals surface area contributed by atoms with Crippen molar-refractivity contribution < 1.29 is 4.79 Å². The highest BCUT2D eigenvalue weighted by Crippen LogP contribution is 2.17. The van der Waals surface area contributed by atoms with Crippen molar-refractivity contribution in [3.63, 3.8) is 0 Å². The number of aliphatic imine (C=N–C) groups is 1. The number of rotatable bonds is 1. The van der Waals surface area contributed by atoms with Crippen LogP contribution < -0.4 is 5.32 Å². The van der Waals surface area contributed by atoms with Crippen LogP contribution in [0.1, 0.15) is 34.6 Å². The molecule has 0 aromatic rings. The summed E-state index contributed by atoms with van der Waals surface area (Å²) in [6.45, 7) is 10.2. The second kappa shape index (κ2) is 3.83. The zero-order chi connectivity index (χ0) is 11.8. The lowest BCUT2D eigenvalue weighted by atomic mass is 10.1. The first-order chi connectivity index (χ1) is 6.72. The smallest absolute Gasteiger partial charge is 0.254 e. The van der Waals surface area contributed by atoms with E-state index in [1.165, 1.54) is 0 Å². The predicted molar refractivity (Wildman–Crippen MR) is 61.7 cm³/mol. The zero-order valence-electron chi connectivity index (χ0n) is 10.5. The molecule has 0 aromatic heterocycles. The minimum absolute atomic E-state index is 0.0702. The fourth-order valence-corrected chi connectivity index (χ4v) is 1.46. The molecule has 0 saturated heterocycles. The van der Waals surface area contributed by atoms with Gasteiger partial charge in [0.2, 0.25) is 5.96 Å². The summed E-state index contributed by atoms with van der Waals surface area (Å²) >= 11 is 0. The number of likely N-dealkylation sites (N-methyl/N-ethyl adjacent to an activating group) is 1. The normalized spacial score (nSPS) is 22.3. The highest BCUT2D eigenvalue weighted by Gasteiger charge is 2.35. The van der Waals surface area contributed by atoms with Crippen molar-refractivity contribution in [3.8, 4) is 0 Å². The number of nitrogens with zero attached hydrogens (tertiary/aromatic N) is 2. The summed E-state index contributed by atoms with van der Waals surface area (Å²) in [5, 5.41) is 3.24. The zero-order valence-corrected chi connectivity index (χ0v) is 10.5. The molecule has 1 heterocycles. The molecular weight excluding hydrogens is 190 g/mol. The molecule has 0 aromatic carbocycles. The van der Waals surface area contributed by atoms with Crippen molar-refractivity contribution in [2.24, 2.45) is 10.9 Å². The molecule has 0 fully saturated rings. The summed E-state index contributed by atoms with van der Waals surface area (Å²) in [6, 6.07) is -0.222. The van der Waals surface area contributed by atoms with Gasteiger partial charge >= 0.3 is 0 Å². The average Bonchev–Trinajstić information content (AvgIpc) is 2.30. The van der Waals surface area contributed by atoms with Gasteiger partial charge in [-0.05, 0) is 26.7 Å². The van der Waals surface area contributed by atoms with Gasteiger partial charge in [0.05, 0.1) is 0 Å². The van der Waals surface area contributed by atoms with Crippen molar-refractivity contribution in [2.75, 3.05) is 7.05 Å². The lowest BCUT2D eigenvalue weighted by molar-refractivity contribution is -0.127. The first kappa shape index (κ1) is 12.0. The Morgan fingerprint density at radius 2 is 1.93 bits per heavy atom. The Kier molecular flexibility index (Phi) is 3.07. The first-order valence-electron chi connectivity index (χ1n) is 5.36. The number of carbonyl (C=O) groups excluding carboxylic acids is 1. The number of guanidine groups is 1. The molecule has 4 heteroatoms. The monoisotopic (exact) mass is 211 g/mol. The van der Waals surface area contributed by atoms with E-state index in [4.69, 9.17) is 0 Å². The van der Waals surface area contributed by atoms with Gasteiger partial charge in [0.15, 0.2) is 0 Å². The summed E-state index contributed by atoms with van der Waals surface area (Å²) in [6.07, 6.45) is 0. The van der Waals surface area contributed by atoms with Crippen LogP contribution in [0.4, 0.5) is 0 Å². The quantitative estimate of drug-likeness (QED) is 0.709.